The van der Waals surface area contributed by atoms with Crippen LogP contribution >= 0.6 is 0 Å². The van der Waals surface area contributed by atoms with Crippen LogP contribution in [0.2, 0.25) is 0 Å². The van der Waals surface area contributed by atoms with Crippen molar-refractivity contribution in [3.8, 4) is 11.5 Å². The third kappa shape index (κ3) is 5.71. The first-order valence-corrected chi connectivity index (χ1v) is 2.23. The summed E-state index contributed by atoms with van der Waals surface area (Å²) in [4.78, 5) is 0. The van der Waals surface area contributed by atoms with Gasteiger partial charge in [0, 0.05) is 0 Å². The molecule has 0 heterocycles. The molecule has 0 aliphatic heterocycles. The zero-order valence-corrected chi connectivity index (χ0v) is 12.4. The second kappa shape index (κ2) is 7.73. The summed E-state index contributed by atoms with van der Waals surface area (Å²) in [5, 5.41) is 20.6. The van der Waals surface area contributed by atoms with Crippen molar-refractivity contribution in [2.24, 2.45) is 0 Å². The molecule has 0 radical (unpaired) electrons. The van der Waals surface area contributed by atoms with Gasteiger partial charge >= 0.3 is 103 Å². The zero-order valence-electron chi connectivity index (χ0n) is 6.13. The van der Waals surface area contributed by atoms with Crippen LogP contribution in [0.1, 0.15) is 0 Å². The molecule has 0 unspecified atom stereocenters. The predicted octanol–water partition coefficient (Wildman–Crippen LogP) is -6.16. The summed E-state index contributed by atoms with van der Waals surface area (Å²) >= 11 is 0. The quantitative estimate of drug-likeness (QED) is 0.379. The molecule has 0 bridgehead atoms. The minimum absolute atomic E-state index is 0. The predicted molar refractivity (Wildman–Crippen MR) is 25.3 cm³/mol. The molecule has 0 spiro atoms. The molecule has 0 amide bonds. The third-order valence-electron chi connectivity index (χ3n) is 0.806. The minimum atomic E-state index is -0.225. The molecule has 1 aromatic carbocycles. The maximum atomic E-state index is 10.3. The van der Waals surface area contributed by atoms with E-state index in [1.54, 1.807) is 0 Å². The number of hydrogen-bond acceptors (Lipinski definition) is 2. The van der Waals surface area contributed by atoms with Gasteiger partial charge in [0.1, 0.15) is 0 Å². The topological polar surface area (TPSA) is 46.1 Å². The average Bonchev–Trinajstić information content (AvgIpc) is 1.64. The summed E-state index contributed by atoms with van der Waals surface area (Å²) in [7, 11) is 0. The van der Waals surface area contributed by atoms with Gasteiger partial charge in [-0.1, -0.05) is 24.3 Å². The Balaban J connectivity index is 0. The first-order chi connectivity index (χ1) is 3.79. The molecule has 0 aromatic heterocycles. The normalized spacial score (nSPS) is 7.20. The summed E-state index contributed by atoms with van der Waals surface area (Å²) in [5.41, 5.74) is 0. The fraction of sp³-hybridized carbons (Fsp3) is 0. The van der Waals surface area contributed by atoms with E-state index in [0.29, 0.717) is 0 Å². The summed E-state index contributed by atoms with van der Waals surface area (Å²) in [6.07, 6.45) is 0. The van der Waals surface area contributed by atoms with Crippen LogP contribution in [-0.2, 0) is 0 Å². The summed E-state index contributed by atoms with van der Waals surface area (Å²) < 4.78 is 0. The van der Waals surface area contributed by atoms with Gasteiger partial charge in [-0.15, -0.1) is 11.5 Å². The molecule has 0 aliphatic carbocycles. The second-order valence-corrected chi connectivity index (χ2v) is 1.47. The Morgan fingerprint density at radius 1 is 0.900 bits per heavy atom. The molecule has 1 aromatic rings. The summed E-state index contributed by atoms with van der Waals surface area (Å²) in [6.45, 7) is 0. The van der Waals surface area contributed by atoms with Crippen LogP contribution in [0.3, 0.4) is 0 Å². The fourth-order valence-corrected chi connectivity index (χ4v) is 0.474. The van der Waals surface area contributed by atoms with Crippen molar-refractivity contribution in [2.45, 2.75) is 0 Å². The Morgan fingerprint density at radius 2 is 1.30 bits per heavy atom. The van der Waals surface area contributed by atoms with E-state index >= 15 is 0 Å². The van der Waals surface area contributed by atoms with Gasteiger partial charge in [-0.2, -0.15) is 0 Å². The van der Waals surface area contributed by atoms with E-state index in [-0.39, 0.29) is 114 Å². The molecular weight excluding hydrogens is 182 g/mol. The number of rotatable bonds is 0. The Hall–Kier alpha value is 2.09. The van der Waals surface area contributed by atoms with E-state index in [4.69, 9.17) is 0 Å². The third-order valence-corrected chi connectivity index (χ3v) is 0.806. The van der Waals surface area contributed by atoms with Crippen LogP contribution in [0.4, 0.5) is 0 Å². The summed E-state index contributed by atoms with van der Waals surface area (Å²) in [5.74, 6) is -0.449. The van der Waals surface area contributed by atoms with E-state index in [1.807, 2.05) is 0 Å². The second-order valence-electron chi connectivity index (χ2n) is 1.47. The maximum absolute atomic E-state index is 10.3. The van der Waals surface area contributed by atoms with Gasteiger partial charge in [-0.3, -0.25) is 0 Å². The molecule has 0 atom stereocenters. The molecular formula is C6H4K2O2. The van der Waals surface area contributed by atoms with Crippen LogP contribution in [0, 0.1) is 0 Å². The number of benzene rings is 1. The van der Waals surface area contributed by atoms with E-state index in [2.05, 4.69) is 0 Å². The molecule has 2 nitrogen and oxygen atoms in total. The molecule has 0 aliphatic rings. The van der Waals surface area contributed by atoms with E-state index in [1.165, 1.54) is 18.2 Å². The van der Waals surface area contributed by atoms with Gasteiger partial charge in [-0.05, 0) is 0 Å². The number of hydrogen-bond donors (Lipinski definition) is 0. The van der Waals surface area contributed by atoms with Crippen LogP contribution in [0.25, 0.3) is 0 Å². The van der Waals surface area contributed by atoms with Crippen LogP contribution in [0.5, 0.6) is 11.5 Å². The van der Waals surface area contributed by atoms with Crippen molar-refractivity contribution >= 4 is 0 Å². The van der Waals surface area contributed by atoms with E-state index in [9.17, 15) is 10.2 Å². The Bertz CT molecular complexity index is 174. The van der Waals surface area contributed by atoms with Crippen molar-refractivity contribution in [2.75, 3.05) is 0 Å². The van der Waals surface area contributed by atoms with Gasteiger partial charge in [0.15, 0.2) is 0 Å². The minimum Gasteiger partial charge on any atom is -0.872 e. The molecule has 0 saturated carbocycles. The zero-order chi connectivity index (χ0) is 5.98. The molecule has 42 valence electrons. The fourth-order valence-electron chi connectivity index (χ4n) is 0.474. The first-order valence-electron chi connectivity index (χ1n) is 2.23. The van der Waals surface area contributed by atoms with Gasteiger partial charge in [0.25, 0.3) is 0 Å². The standard InChI is InChI=1S/C6H6O2.2K/c7-5-2-1-3-6(8)4-5;;/h1-4,7-8H;;/q;2*+1/p-2. The largest absolute Gasteiger partial charge is 1.00 e. The van der Waals surface area contributed by atoms with Gasteiger partial charge < -0.3 is 10.2 Å². The van der Waals surface area contributed by atoms with Gasteiger partial charge in [0.05, 0.1) is 0 Å². The van der Waals surface area contributed by atoms with Crippen LogP contribution in [-0.4, -0.2) is 0 Å². The van der Waals surface area contributed by atoms with Crippen LogP contribution in [0.15, 0.2) is 24.3 Å². The molecule has 0 saturated heterocycles. The maximum Gasteiger partial charge on any atom is 1.00 e. The molecule has 1 rings (SSSR count). The first kappa shape index (κ1) is 14.6. The van der Waals surface area contributed by atoms with Gasteiger partial charge in [-0.25, -0.2) is 0 Å². The Labute approximate surface area is 145 Å². The molecule has 0 fully saturated rings. The molecule has 10 heavy (non-hydrogen) atoms. The van der Waals surface area contributed by atoms with Crippen molar-refractivity contribution in [1.82, 2.24) is 0 Å². The van der Waals surface area contributed by atoms with Crippen molar-refractivity contribution in [1.29, 1.82) is 0 Å². The van der Waals surface area contributed by atoms with Gasteiger partial charge in [0.2, 0.25) is 0 Å². The smallest absolute Gasteiger partial charge is 0.872 e. The van der Waals surface area contributed by atoms with Crippen LogP contribution < -0.4 is 113 Å². The average molecular weight is 186 g/mol. The Kier molecular flexibility index (Phi) is 11.3. The monoisotopic (exact) mass is 186 g/mol. The SMILES string of the molecule is [K+].[K+].[O-]c1cccc([O-])c1. The molecule has 0 N–H and O–H groups in total. The van der Waals surface area contributed by atoms with Crippen molar-refractivity contribution in [3.63, 3.8) is 0 Å². The van der Waals surface area contributed by atoms with Crippen molar-refractivity contribution < 1.29 is 113 Å². The van der Waals surface area contributed by atoms with Crippen molar-refractivity contribution in [3.05, 3.63) is 24.3 Å². The van der Waals surface area contributed by atoms with E-state index in [0.717, 1.165) is 6.07 Å². The molecule has 4 heteroatoms. The van der Waals surface area contributed by atoms with E-state index < -0.39 is 0 Å². The summed E-state index contributed by atoms with van der Waals surface area (Å²) in [6, 6.07) is 5.20. The Morgan fingerprint density at radius 3 is 1.50 bits per heavy atom.